The van der Waals surface area contributed by atoms with Crippen LogP contribution in [0.2, 0.25) is 0 Å². The Morgan fingerprint density at radius 3 is 2.16 bits per heavy atom. The van der Waals surface area contributed by atoms with E-state index in [0.717, 1.165) is 0 Å². The summed E-state index contributed by atoms with van der Waals surface area (Å²) >= 11 is 0. The van der Waals surface area contributed by atoms with Crippen molar-refractivity contribution in [2.24, 2.45) is 0 Å². The molecule has 0 fully saturated rings. The lowest BCUT2D eigenvalue weighted by Gasteiger charge is -1.89. The molecule has 3 rings (SSSR count). The van der Waals surface area contributed by atoms with E-state index in [1.54, 1.807) is 6.07 Å². The lowest BCUT2D eigenvalue weighted by molar-refractivity contribution is 0.881. The molecule has 1 heterocycles. The molecule has 0 radical (unpaired) electrons. The molecule has 3 aromatic rings. The van der Waals surface area contributed by atoms with Gasteiger partial charge in [0.1, 0.15) is 0 Å². The van der Waals surface area contributed by atoms with Crippen LogP contribution in [0.4, 0.5) is 0 Å². The van der Waals surface area contributed by atoms with Gasteiger partial charge in [-0.05, 0) is 17.3 Å². The summed E-state index contributed by atoms with van der Waals surface area (Å²) in [5.41, 5.74) is -0.370. The Bertz CT molecular complexity index is 1070. The normalized spacial score (nSPS) is 16.4. The van der Waals surface area contributed by atoms with Crippen LogP contribution < -0.4 is 0 Å². The highest BCUT2D eigenvalue weighted by molar-refractivity contribution is 5.52. The van der Waals surface area contributed by atoms with Gasteiger partial charge < -0.3 is 0 Å². The highest BCUT2D eigenvalue weighted by atomic mass is 15.5. The van der Waals surface area contributed by atoms with Crippen LogP contribution in [0.25, 0.3) is 11.4 Å². The van der Waals surface area contributed by atoms with Crippen LogP contribution in [0, 0.1) is 11.3 Å². The Hall–Kier alpha value is -3.00. The minimum atomic E-state index is -0.478. The van der Waals surface area contributed by atoms with Crippen LogP contribution >= 0.6 is 0 Å². The highest BCUT2D eigenvalue weighted by Crippen LogP contribution is 2.10. The van der Waals surface area contributed by atoms with Crippen LogP contribution in [0.15, 0.2) is 60.4 Å². The van der Waals surface area contributed by atoms with Gasteiger partial charge in [-0.25, -0.2) is 0 Å². The molecule has 0 saturated carbocycles. The molecule has 0 amide bonds. The molecule has 5 heteroatoms. The number of hydrogen-bond acceptors (Lipinski definition) is 4. The zero-order valence-corrected chi connectivity index (χ0v) is 9.29. The molecule has 0 atom stereocenters. The van der Waals surface area contributed by atoms with Crippen molar-refractivity contribution in [3.63, 3.8) is 0 Å². The van der Waals surface area contributed by atoms with E-state index < -0.39 is 48.3 Å². The van der Waals surface area contributed by atoms with Gasteiger partial charge in [0.2, 0.25) is 5.82 Å². The van der Waals surface area contributed by atoms with Gasteiger partial charge in [-0.2, -0.15) is 10.5 Å². The number of aromatic nitrogens is 4. The number of H-pyrrole nitrogens is 1. The first kappa shape index (κ1) is 4.94. The molecule has 92 valence electrons. The zero-order valence-electron chi connectivity index (χ0n) is 19.3. The maximum Gasteiger partial charge on any atom is 0.204 e. The minimum Gasteiger partial charge on any atom is -0.192 e. The summed E-state index contributed by atoms with van der Waals surface area (Å²) in [5.74, 6) is -0.0167. The average Bonchev–Trinajstić information content (AvgIpc) is 3.23. The van der Waals surface area contributed by atoms with Crippen LogP contribution in [-0.2, 0) is 0 Å². The standard InChI is InChI=1S/C7H6N4.C7H5N/c1-2-4-6(5-3-1)7-8-10-11-9-7;8-6-7-4-2-1-3-5-7/h1-5H,(H,8,9,10,11);1-5H/i2*1D,2D,3D,4D,5D. The van der Waals surface area contributed by atoms with E-state index in [2.05, 4.69) is 20.6 Å². The maximum atomic E-state index is 8.52. The minimum absolute atomic E-state index is 0.0167. The Kier molecular flexibility index (Phi) is 1.73. The summed E-state index contributed by atoms with van der Waals surface area (Å²) < 4.78 is 73.6. The Morgan fingerprint density at radius 1 is 1.00 bits per heavy atom. The van der Waals surface area contributed by atoms with E-state index in [1.807, 2.05) is 0 Å². The number of aromatic amines is 1. The van der Waals surface area contributed by atoms with Gasteiger partial charge in [0.05, 0.1) is 25.3 Å². The summed E-state index contributed by atoms with van der Waals surface area (Å²) in [6.07, 6.45) is 0. The average molecular weight is 259 g/mol. The largest absolute Gasteiger partial charge is 0.204 e. The van der Waals surface area contributed by atoms with Crippen LogP contribution in [0.5, 0.6) is 0 Å². The number of hydrogen-bond donors (Lipinski definition) is 1. The highest BCUT2D eigenvalue weighted by Gasteiger charge is 1.98. The number of benzene rings is 2. The van der Waals surface area contributed by atoms with E-state index in [0.29, 0.717) is 0 Å². The second-order valence-corrected chi connectivity index (χ2v) is 2.85. The SMILES string of the molecule is [2H]c1c([2H])c([2H])c(-c2nn[nH]n2)c([2H])c1[2H].[2H]c1c([2H])c([2H])c(C#N)c([2H])c1[2H]. The van der Waals surface area contributed by atoms with Crippen molar-refractivity contribution in [1.29, 1.82) is 5.26 Å². The molecular formula is C14H11N5. The second-order valence-electron chi connectivity index (χ2n) is 2.85. The first-order chi connectivity index (χ1) is 13.5. The Labute approximate surface area is 124 Å². The predicted molar refractivity (Wildman–Crippen MR) is 70.8 cm³/mol. The fourth-order valence-corrected chi connectivity index (χ4v) is 0.935. The fraction of sp³-hybridized carbons (Fsp3) is 0. The molecule has 0 aliphatic carbocycles. The van der Waals surface area contributed by atoms with E-state index >= 15 is 0 Å². The van der Waals surface area contributed by atoms with E-state index in [4.69, 9.17) is 19.0 Å². The summed E-state index contributed by atoms with van der Waals surface area (Å²) in [7, 11) is 0. The van der Waals surface area contributed by atoms with Gasteiger partial charge >= 0.3 is 0 Å². The van der Waals surface area contributed by atoms with E-state index in [1.165, 1.54) is 0 Å². The molecular weight excluding hydrogens is 238 g/mol. The van der Waals surface area contributed by atoms with Crippen LogP contribution in [0.3, 0.4) is 0 Å². The Balaban J connectivity index is 0.000000212. The maximum absolute atomic E-state index is 8.52. The summed E-state index contributed by atoms with van der Waals surface area (Å²) in [5, 5.41) is 21.2. The summed E-state index contributed by atoms with van der Waals surface area (Å²) in [4.78, 5) is 0. The third kappa shape index (κ3) is 3.75. The molecule has 0 unspecified atom stereocenters. The summed E-state index contributed by atoms with van der Waals surface area (Å²) in [6.45, 7) is 0. The first-order valence-corrected chi connectivity index (χ1v) is 4.82. The van der Waals surface area contributed by atoms with Crippen molar-refractivity contribution in [3.05, 3.63) is 66.0 Å². The topological polar surface area (TPSA) is 78.2 Å². The van der Waals surface area contributed by atoms with Crippen molar-refractivity contribution >= 4 is 0 Å². The van der Waals surface area contributed by atoms with Gasteiger partial charge in [0.25, 0.3) is 0 Å². The lowest BCUT2D eigenvalue weighted by Crippen LogP contribution is -1.78. The van der Waals surface area contributed by atoms with Crippen LogP contribution in [0.1, 0.15) is 19.3 Å². The van der Waals surface area contributed by atoms with Crippen molar-refractivity contribution in [1.82, 2.24) is 20.6 Å². The molecule has 0 saturated heterocycles. The molecule has 5 nitrogen and oxygen atoms in total. The second kappa shape index (κ2) is 6.67. The molecule has 0 spiro atoms. The van der Waals surface area contributed by atoms with Crippen molar-refractivity contribution in [2.45, 2.75) is 0 Å². The van der Waals surface area contributed by atoms with E-state index in [-0.39, 0.29) is 29.0 Å². The van der Waals surface area contributed by atoms with Crippen molar-refractivity contribution in [3.8, 4) is 17.5 Å². The van der Waals surface area contributed by atoms with Gasteiger partial charge in [-0.15, -0.1) is 10.2 Å². The van der Waals surface area contributed by atoms with Gasteiger partial charge in [-0.1, -0.05) is 48.3 Å². The number of tetrazole rings is 1. The molecule has 0 aliphatic heterocycles. The number of nitrogens with zero attached hydrogens (tertiary/aromatic N) is 4. The van der Waals surface area contributed by atoms with Gasteiger partial charge in [0, 0.05) is 5.56 Å². The molecule has 19 heavy (non-hydrogen) atoms. The molecule has 1 aromatic heterocycles. The third-order valence-corrected chi connectivity index (χ3v) is 1.68. The van der Waals surface area contributed by atoms with E-state index in [9.17, 15) is 0 Å². The molecule has 2 aromatic carbocycles. The Morgan fingerprint density at radius 2 is 1.63 bits per heavy atom. The molecule has 1 N–H and O–H groups in total. The molecule has 0 bridgehead atoms. The quantitative estimate of drug-likeness (QED) is 0.728. The number of nitriles is 1. The first-order valence-electron chi connectivity index (χ1n) is 9.82. The smallest absolute Gasteiger partial charge is 0.192 e. The zero-order chi connectivity index (χ0) is 22.0. The van der Waals surface area contributed by atoms with Crippen LogP contribution in [-0.4, -0.2) is 20.6 Å². The van der Waals surface area contributed by atoms with Gasteiger partial charge in [-0.3, -0.25) is 0 Å². The molecule has 0 aliphatic rings. The summed E-state index contributed by atoms with van der Waals surface area (Å²) in [6, 6.07) is -2.71. The third-order valence-electron chi connectivity index (χ3n) is 1.68. The lowest BCUT2D eigenvalue weighted by atomic mass is 10.2. The van der Waals surface area contributed by atoms with Crippen molar-refractivity contribution < 1.29 is 13.7 Å². The van der Waals surface area contributed by atoms with Crippen molar-refractivity contribution in [2.75, 3.05) is 0 Å². The number of nitrogens with one attached hydrogen (secondary N) is 1. The monoisotopic (exact) mass is 259 g/mol. The number of rotatable bonds is 1. The fourth-order valence-electron chi connectivity index (χ4n) is 0.935. The predicted octanol–water partition coefficient (Wildman–Crippen LogP) is 2.42. The van der Waals surface area contributed by atoms with Gasteiger partial charge in [0.15, 0.2) is 0 Å².